The predicted molar refractivity (Wildman–Crippen MR) is 27.5 cm³/mol. The highest BCUT2D eigenvalue weighted by Crippen LogP contribution is 1.40. The van der Waals surface area contributed by atoms with Crippen LogP contribution in [-0.2, 0) is 0 Å². The van der Waals surface area contributed by atoms with Crippen LogP contribution < -0.4 is 18.5 Å². The Morgan fingerprint density at radius 3 is 0.714 bits per heavy atom. The Labute approximate surface area is 42.1 Å². The van der Waals surface area contributed by atoms with Gasteiger partial charge in [-0.25, -0.2) is 0 Å². The average Bonchev–Trinajstić information content (AvgIpc) is 0.811. The van der Waals surface area contributed by atoms with Crippen molar-refractivity contribution in [1.82, 2.24) is 18.5 Å². The zero-order valence-electron chi connectivity index (χ0n) is 4.04. The molecule has 0 saturated heterocycles. The Hall–Kier alpha value is -0.175. The molecule has 0 bridgehead atoms. The molecule has 0 saturated carbocycles. The molecule has 0 atom stereocenters. The summed E-state index contributed by atoms with van der Waals surface area (Å²) in [6.07, 6.45) is 0. The molecule has 6 nitrogen and oxygen atoms in total. The molecule has 0 radical (unpaired) electrons. The monoisotopic (exact) mass is 113 g/mol. The van der Waals surface area contributed by atoms with E-state index >= 15 is 0 Å². The second-order valence-corrected chi connectivity index (χ2v) is 0.346. The third-order valence-electron chi connectivity index (χ3n) is 0. The van der Waals surface area contributed by atoms with Crippen molar-refractivity contribution in [3.05, 3.63) is 0 Å². The van der Waals surface area contributed by atoms with E-state index in [0.29, 0.717) is 0 Å². The van der Waals surface area contributed by atoms with Crippen LogP contribution in [0.1, 0.15) is 0 Å². The van der Waals surface area contributed by atoms with E-state index in [2.05, 4.69) is 0 Å². The molecule has 0 aromatic rings. The van der Waals surface area contributed by atoms with Gasteiger partial charge in [0.2, 0.25) is 0 Å². The lowest BCUT2D eigenvalue weighted by Crippen LogP contribution is -2.07. The summed E-state index contributed by atoms with van der Waals surface area (Å²) in [4.78, 5) is 0. The van der Waals surface area contributed by atoms with Gasteiger partial charge in [-0.2, -0.15) is 0 Å². The maximum atomic E-state index is 7.17. The fourth-order valence-electron chi connectivity index (χ4n) is 0. The Morgan fingerprint density at radius 1 is 0.714 bits per heavy atom. The van der Waals surface area contributed by atoms with Crippen LogP contribution in [0.5, 0.6) is 0 Å². The van der Waals surface area contributed by atoms with Crippen LogP contribution in [-0.4, -0.2) is 22.4 Å². The molecule has 48 valence electrons. The second kappa shape index (κ2) is 17.0. The summed E-state index contributed by atoms with van der Waals surface area (Å²) < 4.78 is 0. The van der Waals surface area contributed by atoms with E-state index in [1.165, 1.54) is 0 Å². The van der Waals surface area contributed by atoms with Gasteiger partial charge in [0.15, 0.2) is 0 Å². The average molecular weight is 113 g/mol. The van der Waals surface area contributed by atoms with Crippen LogP contribution in [0.15, 0.2) is 0 Å². The van der Waals surface area contributed by atoms with Gasteiger partial charge >= 0.3 is 7.32 Å². The lowest BCUT2D eigenvalue weighted by molar-refractivity contribution is 0.278. The van der Waals surface area contributed by atoms with Gasteiger partial charge in [0.25, 0.3) is 0 Å². The standard InChI is InChI=1S/BH3O3.3H3N/c2-1(3)4;;;/h2-4H;3*1H3. The lowest BCUT2D eigenvalue weighted by Gasteiger charge is -1.69. The van der Waals surface area contributed by atoms with Crippen LogP contribution >= 0.6 is 0 Å². The van der Waals surface area contributed by atoms with Gasteiger partial charge in [0, 0.05) is 0 Å². The zero-order valence-corrected chi connectivity index (χ0v) is 4.04. The maximum absolute atomic E-state index is 7.17. The highest BCUT2D eigenvalue weighted by molar-refractivity contribution is 6.30. The molecule has 7 heteroatoms. The van der Waals surface area contributed by atoms with Gasteiger partial charge in [-0.15, -0.1) is 0 Å². The van der Waals surface area contributed by atoms with E-state index < -0.39 is 7.32 Å². The first-order chi connectivity index (χ1) is 1.73. The fraction of sp³-hybridized carbons (Fsp3) is 0. The van der Waals surface area contributed by atoms with Crippen LogP contribution in [0.4, 0.5) is 0 Å². The highest BCUT2D eigenvalue weighted by Gasteiger charge is 1.92. The molecular weight excluding hydrogens is 101 g/mol. The summed E-state index contributed by atoms with van der Waals surface area (Å²) in [6, 6.07) is 0. The number of hydrogen-bond acceptors (Lipinski definition) is 6. The molecule has 0 heterocycles. The molecule has 0 aliphatic heterocycles. The highest BCUT2D eigenvalue weighted by atomic mass is 16.5. The first-order valence-electron chi connectivity index (χ1n) is 0.775. The SMILES string of the molecule is N.N.N.OB(O)O. The number of hydrogen-bond donors (Lipinski definition) is 6. The molecule has 0 aromatic carbocycles. The molecule has 7 heavy (non-hydrogen) atoms. The van der Waals surface area contributed by atoms with E-state index in [9.17, 15) is 0 Å². The van der Waals surface area contributed by atoms with Crippen molar-refractivity contribution in [2.45, 2.75) is 0 Å². The van der Waals surface area contributed by atoms with E-state index in [1.807, 2.05) is 0 Å². The van der Waals surface area contributed by atoms with Crippen LogP contribution in [0.3, 0.4) is 0 Å². The molecule has 0 aliphatic carbocycles. The van der Waals surface area contributed by atoms with Crippen molar-refractivity contribution in [3.8, 4) is 0 Å². The summed E-state index contributed by atoms with van der Waals surface area (Å²) in [5.74, 6) is 0. The molecule has 0 fully saturated rings. The van der Waals surface area contributed by atoms with Crippen LogP contribution in [0.25, 0.3) is 0 Å². The van der Waals surface area contributed by atoms with Gasteiger partial charge in [-0.3, -0.25) is 0 Å². The summed E-state index contributed by atoms with van der Waals surface area (Å²) in [7, 11) is -2.17. The summed E-state index contributed by atoms with van der Waals surface area (Å²) in [5.41, 5.74) is 0. The Morgan fingerprint density at radius 2 is 0.714 bits per heavy atom. The van der Waals surface area contributed by atoms with E-state index in [4.69, 9.17) is 15.1 Å². The quantitative estimate of drug-likeness (QED) is 0.207. The van der Waals surface area contributed by atoms with Crippen molar-refractivity contribution >= 4 is 7.32 Å². The molecule has 0 unspecified atom stereocenters. The summed E-state index contributed by atoms with van der Waals surface area (Å²) in [5, 5.41) is 21.5. The maximum Gasteiger partial charge on any atom is 0.631 e. The summed E-state index contributed by atoms with van der Waals surface area (Å²) >= 11 is 0. The van der Waals surface area contributed by atoms with Crippen molar-refractivity contribution in [1.29, 1.82) is 0 Å². The Balaban J connectivity index is -0.0000000150. The van der Waals surface area contributed by atoms with Gasteiger partial charge in [0.05, 0.1) is 0 Å². The molecule has 0 aliphatic rings. The normalized spacial score (nSPS) is 3.86. The van der Waals surface area contributed by atoms with Crippen molar-refractivity contribution in [2.24, 2.45) is 0 Å². The minimum absolute atomic E-state index is 0. The lowest BCUT2D eigenvalue weighted by atomic mass is 10.3. The van der Waals surface area contributed by atoms with Crippen molar-refractivity contribution < 1.29 is 15.1 Å². The second-order valence-electron chi connectivity index (χ2n) is 0.346. The van der Waals surface area contributed by atoms with Crippen LogP contribution in [0, 0.1) is 0 Å². The predicted octanol–water partition coefficient (Wildman–Crippen LogP) is -1.57. The van der Waals surface area contributed by atoms with Gasteiger partial charge in [-0.05, 0) is 0 Å². The topological polar surface area (TPSA) is 166 Å². The summed E-state index contributed by atoms with van der Waals surface area (Å²) in [6.45, 7) is 0. The molecule has 0 aromatic heterocycles. The first kappa shape index (κ1) is 29.0. The van der Waals surface area contributed by atoms with Crippen molar-refractivity contribution in [3.63, 3.8) is 0 Å². The molecule has 12 N–H and O–H groups in total. The van der Waals surface area contributed by atoms with E-state index in [1.54, 1.807) is 0 Å². The molecular formula is H12BN3O3. The smallest absolute Gasteiger partial charge is 0.402 e. The molecule has 0 spiro atoms. The minimum Gasteiger partial charge on any atom is -0.402 e. The largest absolute Gasteiger partial charge is 0.631 e. The Kier molecular flexibility index (Phi) is 70.4. The third kappa shape index (κ3) is 2780. The van der Waals surface area contributed by atoms with E-state index in [0.717, 1.165) is 0 Å². The van der Waals surface area contributed by atoms with Gasteiger partial charge in [0.1, 0.15) is 0 Å². The van der Waals surface area contributed by atoms with Gasteiger partial charge < -0.3 is 33.5 Å². The molecule has 0 rings (SSSR count). The first-order valence-corrected chi connectivity index (χ1v) is 0.775. The van der Waals surface area contributed by atoms with Crippen LogP contribution in [0.2, 0.25) is 0 Å². The van der Waals surface area contributed by atoms with Gasteiger partial charge in [-0.1, -0.05) is 0 Å². The molecule has 0 amide bonds. The minimum atomic E-state index is -2.17. The number of rotatable bonds is 0. The van der Waals surface area contributed by atoms with E-state index in [-0.39, 0.29) is 18.5 Å². The van der Waals surface area contributed by atoms with Crippen molar-refractivity contribution in [2.75, 3.05) is 0 Å². The fourth-order valence-corrected chi connectivity index (χ4v) is 0. The zero-order chi connectivity index (χ0) is 3.58. The Bertz CT molecular complexity index is 14.9. The third-order valence-corrected chi connectivity index (χ3v) is 0.